The van der Waals surface area contributed by atoms with Gasteiger partial charge < -0.3 is 14.6 Å². The molecule has 2 rings (SSSR count). The molecule has 1 aromatic heterocycles. The van der Waals surface area contributed by atoms with Crippen molar-refractivity contribution in [3.05, 3.63) is 24.2 Å². The predicted molar refractivity (Wildman–Crippen MR) is 43.3 cm³/mol. The van der Waals surface area contributed by atoms with E-state index in [9.17, 15) is 9.90 Å². The van der Waals surface area contributed by atoms with Crippen molar-refractivity contribution in [2.24, 2.45) is 0 Å². The number of aliphatic hydroxyl groups is 1. The molecule has 1 saturated carbocycles. The van der Waals surface area contributed by atoms with Gasteiger partial charge in [0.05, 0.1) is 11.7 Å². The van der Waals surface area contributed by atoms with Crippen molar-refractivity contribution in [1.82, 2.24) is 0 Å². The first-order valence-corrected chi connectivity index (χ1v) is 4.12. The average molecular weight is 182 g/mol. The van der Waals surface area contributed by atoms with Gasteiger partial charge in [-0.25, -0.2) is 4.79 Å². The fourth-order valence-electron chi connectivity index (χ4n) is 1.59. The summed E-state index contributed by atoms with van der Waals surface area (Å²) in [6.45, 7) is 0. The molecular formula is C9H10O4. The van der Waals surface area contributed by atoms with E-state index in [0.717, 1.165) is 0 Å². The van der Waals surface area contributed by atoms with E-state index in [0.29, 0.717) is 18.6 Å². The first kappa shape index (κ1) is 8.31. The number of rotatable bonds is 3. The maximum Gasteiger partial charge on any atom is 0.333 e. The number of aliphatic carboxylic acids is 1. The van der Waals surface area contributed by atoms with Crippen LogP contribution in [0.3, 0.4) is 0 Å². The van der Waals surface area contributed by atoms with Crippen LogP contribution in [0.5, 0.6) is 0 Å². The minimum absolute atomic E-state index is 0.572. The summed E-state index contributed by atoms with van der Waals surface area (Å²) in [5, 5.41) is 18.1. The van der Waals surface area contributed by atoms with Crippen LogP contribution in [0.15, 0.2) is 22.8 Å². The quantitative estimate of drug-likeness (QED) is 0.723. The third-order valence-corrected chi connectivity index (χ3v) is 2.56. The van der Waals surface area contributed by atoms with Gasteiger partial charge in [-0.1, -0.05) is 0 Å². The van der Waals surface area contributed by atoms with Gasteiger partial charge in [-0.3, -0.25) is 0 Å². The Balaban J connectivity index is 2.27. The number of carboxylic acids is 1. The Labute approximate surface area is 74.8 Å². The van der Waals surface area contributed by atoms with Gasteiger partial charge in [-0.2, -0.15) is 0 Å². The summed E-state index contributed by atoms with van der Waals surface area (Å²) in [4.78, 5) is 10.6. The molecule has 70 valence electrons. The zero-order valence-electron chi connectivity index (χ0n) is 6.93. The molecule has 1 aliphatic carbocycles. The van der Waals surface area contributed by atoms with Crippen molar-refractivity contribution < 1.29 is 19.4 Å². The van der Waals surface area contributed by atoms with Gasteiger partial charge in [0.15, 0.2) is 6.10 Å². The smallest absolute Gasteiger partial charge is 0.333 e. The topological polar surface area (TPSA) is 70.7 Å². The molecule has 0 aliphatic heterocycles. The van der Waals surface area contributed by atoms with E-state index in [2.05, 4.69) is 0 Å². The van der Waals surface area contributed by atoms with Gasteiger partial charge in [-0.05, 0) is 25.0 Å². The summed E-state index contributed by atoms with van der Waals surface area (Å²) in [7, 11) is 0. The molecule has 0 aromatic carbocycles. The Kier molecular flexibility index (Phi) is 1.66. The van der Waals surface area contributed by atoms with E-state index >= 15 is 0 Å². The lowest BCUT2D eigenvalue weighted by Crippen LogP contribution is -2.33. The van der Waals surface area contributed by atoms with Crippen LogP contribution in [0.2, 0.25) is 0 Å². The lowest BCUT2D eigenvalue weighted by atomic mass is 9.96. The van der Waals surface area contributed by atoms with Gasteiger partial charge in [0.25, 0.3) is 0 Å². The molecule has 1 fully saturated rings. The van der Waals surface area contributed by atoms with Crippen LogP contribution in [-0.2, 0) is 10.2 Å². The van der Waals surface area contributed by atoms with Crippen LogP contribution in [0, 0.1) is 0 Å². The first-order valence-electron chi connectivity index (χ1n) is 4.12. The van der Waals surface area contributed by atoms with E-state index in [1.165, 1.54) is 6.26 Å². The molecule has 1 atom stereocenters. The van der Waals surface area contributed by atoms with Crippen molar-refractivity contribution in [3.63, 3.8) is 0 Å². The Morgan fingerprint density at radius 3 is 2.69 bits per heavy atom. The number of carbonyl (C=O) groups is 1. The highest BCUT2D eigenvalue weighted by Crippen LogP contribution is 2.51. The largest absolute Gasteiger partial charge is 0.479 e. The molecule has 2 N–H and O–H groups in total. The second-order valence-electron chi connectivity index (χ2n) is 3.37. The molecule has 1 aliphatic rings. The van der Waals surface area contributed by atoms with E-state index in [4.69, 9.17) is 9.52 Å². The number of furan rings is 1. The molecule has 4 nitrogen and oxygen atoms in total. The van der Waals surface area contributed by atoms with Crippen LogP contribution < -0.4 is 0 Å². The molecule has 0 radical (unpaired) electrons. The number of carboxylic acid groups (broad SMARTS) is 1. The van der Waals surface area contributed by atoms with Gasteiger partial charge in [0, 0.05) is 0 Å². The molecular weight excluding hydrogens is 172 g/mol. The summed E-state index contributed by atoms with van der Waals surface area (Å²) >= 11 is 0. The van der Waals surface area contributed by atoms with Crippen LogP contribution in [-0.4, -0.2) is 22.3 Å². The molecule has 4 heteroatoms. The minimum atomic E-state index is -1.35. The van der Waals surface area contributed by atoms with Crippen molar-refractivity contribution in [1.29, 1.82) is 0 Å². The monoisotopic (exact) mass is 182 g/mol. The third kappa shape index (κ3) is 1.14. The van der Waals surface area contributed by atoms with Crippen LogP contribution in [0.4, 0.5) is 0 Å². The van der Waals surface area contributed by atoms with Crippen LogP contribution in [0.25, 0.3) is 0 Å². The van der Waals surface area contributed by atoms with E-state index < -0.39 is 17.5 Å². The molecule has 13 heavy (non-hydrogen) atoms. The lowest BCUT2D eigenvalue weighted by molar-refractivity contribution is -0.148. The fraction of sp³-hybridized carbons (Fsp3) is 0.444. The average Bonchev–Trinajstić information content (AvgIpc) is 2.72. The van der Waals surface area contributed by atoms with Crippen molar-refractivity contribution in [2.45, 2.75) is 24.4 Å². The SMILES string of the molecule is O=C(O)C(O)C1(c2ccco2)CC1. The molecule has 1 heterocycles. The van der Waals surface area contributed by atoms with Crippen molar-refractivity contribution >= 4 is 5.97 Å². The predicted octanol–water partition coefficient (Wildman–Crippen LogP) is 0.757. The van der Waals surface area contributed by atoms with Gasteiger partial charge in [0.2, 0.25) is 0 Å². The van der Waals surface area contributed by atoms with Gasteiger partial charge in [0.1, 0.15) is 5.76 Å². The highest BCUT2D eigenvalue weighted by Gasteiger charge is 2.55. The first-order chi connectivity index (χ1) is 6.17. The highest BCUT2D eigenvalue weighted by atomic mass is 16.4. The normalized spacial score (nSPS) is 21.0. The van der Waals surface area contributed by atoms with Crippen LogP contribution >= 0.6 is 0 Å². The Bertz CT molecular complexity index is 310. The zero-order valence-corrected chi connectivity index (χ0v) is 6.93. The summed E-state index contributed by atoms with van der Waals surface area (Å²) in [6.07, 6.45) is 1.49. The summed E-state index contributed by atoms with van der Waals surface area (Å²) < 4.78 is 5.11. The zero-order chi connectivity index (χ0) is 9.47. The molecule has 0 bridgehead atoms. The van der Waals surface area contributed by atoms with Gasteiger partial charge >= 0.3 is 5.97 Å². The molecule has 1 unspecified atom stereocenters. The van der Waals surface area contributed by atoms with Crippen LogP contribution in [0.1, 0.15) is 18.6 Å². The molecule has 0 saturated heterocycles. The second kappa shape index (κ2) is 2.60. The Morgan fingerprint density at radius 1 is 1.62 bits per heavy atom. The lowest BCUT2D eigenvalue weighted by Gasteiger charge is -2.15. The second-order valence-corrected chi connectivity index (χ2v) is 3.37. The highest BCUT2D eigenvalue weighted by molar-refractivity contribution is 5.75. The van der Waals surface area contributed by atoms with Crippen molar-refractivity contribution in [3.8, 4) is 0 Å². The molecule has 0 spiro atoms. The number of hydrogen-bond acceptors (Lipinski definition) is 3. The maximum absolute atomic E-state index is 10.6. The van der Waals surface area contributed by atoms with E-state index in [1.807, 2.05) is 0 Å². The third-order valence-electron chi connectivity index (χ3n) is 2.56. The number of aliphatic hydroxyl groups excluding tert-OH is 1. The summed E-state index contributed by atoms with van der Waals surface area (Å²) in [6, 6.07) is 3.41. The van der Waals surface area contributed by atoms with E-state index in [1.54, 1.807) is 12.1 Å². The summed E-state index contributed by atoms with van der Waals surface area (Å²) in [5.41, 5.74) is -0.657. The van der Waals surface area contributed by atoms with Gasteiger partial charge in [-0.15, -0.1) is 0 Å². The minimum Gasteiger partial charge on any atom is -0.479 e. The summed E-state index contributed by atoms with van der Waals surface area (Å²) in [5.74, 6) is -0.615. The van der Waals surface area contributed by atoms with Crippen molar-refractivity contribution in [2.75, 3.05) is 0 Å². The Morgan fingerprint density at radius 2 is 2.31 bits per heavy atom. The van der Waals surface area contributed by atoms with E-state index in [-0.39, 0.29) is 0 Å². The maximum atomic E-state index is 10.6. The standard InChI is InChI=1S/C9H10O4/c10-7(8(11)12)9(3-4-9)6-2-1-5-13-6/h1-2,5,7,10H,3-4H2,(H,11,12). The number of hydrogen-bond donors (Lipinski definition) is 2. The molecule has 0 amide bonds. The molecule has 1 aromatic rings. The Hall–Kier alpha value is -1.29. The fourth-order valence-corrected chi connectivity index (χ4v) is 1.59.